The zero-order chi connectivity index (χ0) is 16.3. The van der Waals surface area contributed by atoms with Crippen molar-refractivity contribution in [2.24, 2.45) is 11.5 Å². The van der Waals surface area contributed by atoms with E-state index in [1.54, 1.807) is 0 Å². The minimum absolute atomic E-state index is 0.134. The van der Waals surface area contributed by atoms with E-state index in [1.165, 1.54) is 0 Å². The smallest absolute Gasteiger partial charge is 0.434 e. The van der Waals surface area contributed by atoms with E-state index in [9.17, 15) is 9.59 Å². The molecule has 22 heavy (non-hydrogen) atoms. The molecule has 0 aromatic rings. The van der Waals surface area contributed by atoms with Crippen LogP contribution in [0.1, 0.15) is 33.1 Å². The summed E-state index contributed by atoms with van der Waals surface area (Å²) in [5.41, 5.74) is 10.2. The maximum Gasteiger partial charge on any atom is 0.435 e. The summed E-state index contributed by atoms with van der Waals surface area (Å²) >= 11 is 0. The second-order valence-corrected chi connectivity index (χ2v) is 5.66. The minimum Gasteiger partial charge on any atom is -0.434 e. The number of rotatable bonds is 7. The SMILES string of the molecule is CCCCC(C)([N+]1=C(C(N)=O)OCC1)[N+]1=C(C(N)=O)OCC1. The van der Waals surface area contributed by atoms with Crippen LogP contribution in [0.4, 0.5) is 0 Å². The summed E-state index contributed by atoms with van der Waals surface area (Å²) in [6.45, 7) is 5.87. The van der Waals surface area contributed by atoms with Gasteiger partial charge in [0.25, 0.3) is 0 Å². The first-order chi connectivity index (χ1) is 10.4. The zero-order valence-corrected chi connectivity index (χ0v) is 13.1. The number of carbonyl (C=O) groups excluding carboxylic acids is 2. The molecule has 122 valence electrons. The highest BCUT2D eigenvalue weighted by Gasteiger charge is 2.55. The topological polar surface area (TPSA) is 111 Å². The van der Waals surface area contributed by atoms with E-state index in [1.807, 2.05) is 16.1 Å². The van der Waals surface area contributed by atoms with Crippen molar-refractivity contribution >= 4 is 23.6 Å². The molecule has 0 radical (unpaired) electrons. The Balaban J connectivity index is 2.53. The minimum atomic E-state index is -0.641. The van der Waals surface area contributed by atoms with E-state index in [0.29, 0.717) is 26.3 Å². The first-order valence-corrected chi connectivity index (χ1v) is 7.56. The molecule has 0 aliphatic carbocycles. The van der Waals surface area contributed by atoms with Crippen molar-refractivity contribution in [2.75, 3.05) is 26.3 Å². The fourth-order valence-electron chi connectivity index (χ4n) is 3.08. The summed E-state index contributed by atoms with van der Waals surface area (Å²) in [6.07, 6.45) is 2.63. The highest BCUT2D eigenvalue weighted by Crippen LogP contribution is 2.25. The van der Waals surface area contributed by atoms with Gasteiger partial charge in [0.2, 0.25) is 0 Å². The number of primary amides is 2. The van der Waals surface area contributed by atoms with E-state index in [4.69, 9.17) is 20.9 Å². The average Bonchev–Trinajstić information content (AvgIpc) is 3.13. The van der Waals surface area contributed by atoms with Crippen molar-refractivity contribution in [3.63, 3.8) is 0 Å². The standard InChI is InChI=1S/C14H22N4O4/c1-3-4-5-14(2,17-6-8-21-12(17)10(15)19)18-7-9-22-13(18)11(16)20/h3-9H2,1-2H3,(H2-2,15,16,19,20)/p+2. The number of nitrogens with zero attached hydrogens (tertiary/aromatic N) is 2. The summed E-state index contributed by atoms with van der Waals surface area (Å²) < 4.78 is 14.4. The van der Waals surface area contributed by atoms with Gasteiger partial charge < -0.3 is 20.9 Å². The molecular formula is C14H24N4O4+2. The first kappa shape index (κ1) is 16.3. The molecule has 0 saturated heterocycles. The predicted octanol–water partition coefficient (Wildman–Crippen LogP) is -1.25. The summed E-state index contributed by atoms with van der Waals surface area (Å²) in [4.78, 5) is 23.3. The highest BCUT2D eigenvalue weighted by molar-refractivity contribution is 6.33. The summed E-state index contributed by atoms with van der Waals surface area (Å²) in [7, 11) is 0. The van der Waals surface area contributed by atoms with Gasteiger partial charge in [0, 0.05) is 0 Å². The van der Waals surface area contributed by atoms with E-state index in [2.05, 4.69) is 6.92 Å². The third-order valence-electron chi connectivity index (χ3n) is 4.19. The van der Waals surface area contributed by atoms with E-state index in [0.717, 1.165) is 19.3 Å². The van der Waals surface area contributed by atoms with Gasteiger partial charge in [-0.25, -0.2) is 0 Å². The Morgan fingerprint density at radius 1 is 1.09 bits per heavy atom. The molecule has 0 atom stereocenters. The summed E-state index contributed by atoms with van der Waals surface area (Å²) in [5, 5.41) is 0. The highest BCUT2D eigenvalue weighted by atomic mass is 16.5. The molecule has 0 fully saturated rings. The van der Waals surface area contributed by atoms with Crippen LogP contribution < -0.4 is 11.5 Å². The quantitative estimate of drug-likeness (QED) is 0.572. The molecule has 2 aliphatic heterocycles. The fraction of sp³-hybridized carbons (Fsp3) is 0.714. The first-order valence-electron chi connectivity index (χ1n) is 7.56. The summed E-state index contributed by atoms with van der Waals surface area (Å²) in [5.74, 6) is -0.953. The molecule has 0 bridgehead atoms. The summed E-state index contributed by atoms with van der Waals surface area (Å²) in [6, 6.07) is 0. The van der Waals surface area contributed by atoms with Crippen molar-refractivity contribution in [1.29, 1.82) is 0 Å². The molecule has 2 heterocycles. The molecule has 0 spiro atoms. The number of unbranched alkanes of at least 4 members (excludes halogenated alkanes) is 1. The monoisotopic (exact) mass is 312 g/mol. The lowest BCUT2D eigenvalue weighted by Crippen LogP contribution is -2.54. The van der Waals surface area contributed by atoms with Crippen molar-refractivity contribution in [3.8, 4) is 0 Å². The number of hydrogen-bond donors (Lipinski definition) is 2. The lowest BCUT2D eigenvalue weighted by Gasteiger charge is -2.21. The van der Waals surface area contributed by atoms with Crippen LogP contribution in [-0.2, 0) is 19.1 Å². The largest absolute Gasteiger partial charge is 0.435 e. The Hall–Kier alpha value is -2.12. The van der Waals surface area contributed by atoms with Crippen molar-refractivity contribution in [1.82, 2.24) is 0 Å². The molecule has 0 unspecified atom stereocenters. The number of hydrogen-bond acceptors (Lipinski definition) is 4. The normalized spacial score (nSPS) is 18.5. The Labute approximate surface area is 129 Å². The van der Waals surface area contributed by atoms with Crippen molar-refractivity contribution < 1.29 is 28.2 Å². The van der Waals surface area contributed by atoms with Gasteiger partial charge >= 0.3 is 29.3 Å². The molecule has 8 heteroatoms. The molecule has 8 nitrogen and oxygen atoms in total. The van der Waals surface area contributed by atoms with Crippen LogP contribution in [0.5, 0.6) is 0 Å². The molecule has 0 aromatic heterocycles. The molecular weight excluding hydrogens is 288 g/mol. The van der Waals surface area contributed by atoms with Crippen molar-refractivity contribution in [2.45, 2.75) is 38.8 Å². The van der Waals surface area contributed by atoms with Crippen LogP contribution in [0.25, 0.3) is 0 Å². The van der Waals surface area contributed by atoms with Crippen LogP contribution in [-0.4, -0.2) is 64.7 Å². The van der Waals surface area contributed by atoms with Gasteiger partial charge in [-0.3, -0.25) is 9.59 Å². The lowest BCUT2D eigenvalue weighted by molar-refractivity contribution is -0.818. The van der Waals surface area contributed by atoms with Crippen molar-refractivity contribution in [3.05, 3.63) is 0 Å². The predicted molar refractivity (Wildman–Crippen MR) is 78.5 cm³/mol. The van der Waals surface area contributed by atoms with Gasteiger partial charge in [-0.1, -0.05) is 13.3 Å². The Kier molecular flexibility index (Phi) is 4.68. The Bertz CT molecular complexity index is 511. The van der Waals surface area contributed by atoms with E-state index >= 15 is 0 Å². The fourth-order valence-corrected chi connectivity index (χ4v) is 3.08. The second-order valence-electron chi connectivity index (χ2n) is 5.66. The van der Waals surface area contributed by atoms with Gasteiger partial charge in [0.05, 0.1) is 13.3 Å². The van der Waals surface area contributed by atoms with E-state index in [-0.39, 0.29) is 11.8 Å². The zero-order valence-electron chi connectivity index (χ0n) is 13.1. The molecule has 4 N–H and O–H groups in total. The maximum atomic E-state index is 11.6. The van der Waals surface area contributed by atoms with Gasteiger partial charge in [-0.05, 0) is 6.42 Å². The third-order valence-corrected chi connectivity index (χ3v) is 4.19. The second kappa shape index (κ2) is 6.33. The maximum absolute atomic E-state index is 11.6. The van der Waals surface area contributed by atoms with Crippen LogP contribution in [0.15, 0.2) is 0 Å². The molecule has 0 saturated carbocycles. The number of amides is 2. The van der Waals surface area contributed by atoms with Crippen LogP contribution in [0.3, 0.4) is 0 Å². The molecule has 2 rings (SSSR count). The van der Waals surface area contributed by atoms with Crippen LogP contribution in [0.2, 0.25) is 0 Å². The number of ether oxygens (including phenoxy) is 2. The van der Waals surface area contributed by atoms with Crippen LogP contribution in [0, 0.1) is 0 Å². The van der Waals surface area contributed by atoms with Crippen LogP contribution >= 0.6 is 0 Å². The lowest BCUT2D eigenvalue weighted by atomic mass is 10.0. The molecule has 2 aliphatic rings. The molecule has 2 amide bonds. The number of nitrogens with two attached hydrogens (primary N) is 2. The van der Waals surface area contributed by atoms with E-state index < -0.39 is 17.5 Å². The molecule has 0 aromatic carbocycles. The van der Waals surface area contributed by atoms with Gasteiger partial charge in [-0.2, -0.15) is 0 Å². The number of carbonyl (C=O) groups is 2. The van der Waals surface area contributed by atoms with Gasteiger partial charge in [-0.15, -0.1) is 9.15 Å². The Morgan fingerprint density at radius 2 is 1.55 bits per heavy atom. The third kappa shape index (κ3) is 2.77. The van der Waals surface area contributed by atoms with Gasteiger partial charge in [0.15, 0.2) is 26.3 Å². The van der Waals surface area contributed by atoms with Gasteiger partial charge in [0.1, 0.15) is 0 Å². The Morgan fingerprint density at radius 3 is 1.91 bits per heavy atom. The average molecular weight is 312 g/mol.